The van der Waals surface area contributed by atoms with Gasteiger partial charge < -0.3 is 19.5 Å². The molecule has 0 aromatic heterocycles. The highest BCUT2D eigenvalue weighted by Crippen LogP contribution is 2.34. The fraction of sp³-hybridized carbons (Fsp3) is 0.200. The van der Waals surface area contributed by atoms with Gasteiger partial charge in [-0.2, -0.15) is 0 Å². The first-order valence-electron chi connectivity index (χ1n) is 9.59. The maximum Gasteiger partial charge on any atom is 0.165 e. The molecule has 3 aromatic carbocycles. The smallest absolute Gasteiger partial charge is 0.165 e. The molecule has 0 amide bonds. The Hall–Kier alpha value is -3.40. The van der Waals surface area contributed by atoms with Gasteiger partial charge in [0.25, 0.3) is 0 Å². The molecule has 0 heterocycles. The summed E-state index contributed by atoms with van der Waals surface area (Å²) >= 11 is 0. The highest BCUT2D eigenvalue weighted by molar-refractivity contribution is 5.52. The summed E-state index contributed by atoms with van der Waals surface area (Å²) in [6.07, 6.45) is 2.59. The molecule has 0 saturated carbocycles. The highest BCUT2D eigenvalue weighted by Gasteiger charge is 2.13. The molecule has 29 heavy (non-hydrogen) atoms. The van der Waals surface area contributed by atoms with Crippen molar-refractivity contribution in [2.45, 2.75) is 19.6 Å². The number of allylic oxidation sites excluding steroid dienone is 1. The van der Waals surface area contributed by atoms with E-state index in [1.54, 1.807) is 14.2 Å². The van der Waals surface area contributed by atoms with E-state index in [1.807, 2.05) is 66.7 Å². The zero-order valence-electron chi connectivity index (χ0n) is 17.0. The van der Waals surface area contributed by atoms with Crippen molar-refractivity contribution in [1.82, 2.24) is 0 Å². The van der Waals surface area contributed by atoms with Crippen LogP contribution in [0, 0.1) is 0 Å². The number of nitrogens with one attached hydrogen (secondary N) is 1. The first-order valence-corrected chi connectivity index (χ1v) is 9.59. The molecule has 0 aliphatic heterocycles. The van der Waals surface area contributed by atoms with Gasteiger partial charge in [0.1, 0.15) is 12.4 Å². The largest absolute Gasteiger partial charge is 0.497 e. The van der Waals surface area contributed by atoms with Gasteiger partial charge >= 0.3 is 0 Å². The summed E-state index contributed by atoms with van der Waals surface area (Å²) in [6.45, 7) is 5.05. The first kappa shape index (κ1) is 20.3. The van der Waals surface area contributed by atoms with Crippen LogP contribution in [0.3, 0.4) is 0 Å². The van der Waals surface area contributed by atoms with Gasteiger partial charge in [0, 0.05) is 17.8 Å². The Kier molecular flexibility index (Phi) is 7.17. The van der Waals surface area contributed by atoms with Gasteiger partial charge in [-0.3, -0.25) is 0 Å². The van der Waals surface area contributed by atoms with Crippen LogP contribution in [0.1, 0.15) is 16.7 Å². The molecule has 0 unspecified atom stereocenters. The molecular formula is C25H27NO3. The maximum absolute atomic E-state index is 6.13. The van der Waals surface area contributed by atoms with Crippen molar-refractivity contribution in [3.63, 3.8) is 0 Å². The van der Waals surface area contributed by atoms with Crippen molar-refractivity contribution in [2.24, 2.45) is 0 Å². The zero-order chi connectivity index (χ0) is 20.5. The van der Waals surface area contributed by atoms with Crippen molar-refractivity contribution >= 4 is 5.69 Å². The third-order valence-electron chi connectivity index (χ3n) is 4.59. The van der Waals surface area contributed by atoms with Crippen molar-refractivity contribution in [2.75, 3.05) is 19.5 Å². The van der Waals surface area contributed by atoms with E-state index < -0.39 is 0 Å². The van der Waals surface area contributed by atoms with E-state index in [1.165, 1.54) is 0 Å². The Balaban J connectivity index is 1.77. The summed E-state index contributed by atoms with van der Waals surface area (Å²) < 4.78 is 17.0. The predicted octanol–water partition coefficient (Wildman–Crippen LogP) is 5.62. The second kappa shape index (κ2) is 10.2. The first-order chi connectivity index (χ1) is 14.2. The van der Waals surface area contributed by atoms with Crippen LogP contribution in [-0.2, 0) is 19.6 Å². The Morgan fingerprint density at radius 3 is 2.31 bits per heavy atom. The molecule has 0 spiro atoms. The molecule has 3 aromatic rings. The molecular weight excluding hydrogens is 362 g/mol. The van der Waals surface area contributed by atoms with Crippen LogP contribution in [-0.4, -0.2) is 14.2 Å². The molecule has 0 aliphatic carbocycles. The van der Waals surface area contributed by atoms with Gasteiger partial charge in [0.2, 0.25) is 0 Å². The van der Waals surface area contributed by atoms with Crippen LogP contribution in [0.15, 0.2) is 79.4 Å². The summed E-state index contributed by atoms with van der Waals surface area (Å²) in [5, 5.41) is 3.43. The Morgan fingerprint density at radius 2 is 1.66 bits per heavy atom. The van der Waals surface area contributed by atoms with E-state index in [2.05, 4.69) is 18.0 Å². The molecule has 1 N–H and O–H groups in total. The molecule has 150 valence electrons. The minimum absolute atomic E-state index is 0.491. The van der Waals surface area contributed by atoms with Crippen LogP contribution in [0.2, 0.25) is 0 Å². The van der Waals surface area contributed by atoms with Gasteiger partial charge in [-0.25, -0.2) is 0 Å². The lowest BCUT2D eigenvalue weighted by molar-refractivity contribution is 0.281. The number of rotatable bonds is 10. The predicted molar refractivity (Wildman–Crippen MR) is 118 cm³/mol. The molecule has 0 radical (unpaired) electrons. The molecule has 0 saturated heterocycles. The number of benzene rings is 3. The Morgan fingerprint density at radius 1 is 0.897 bits per heavy atom. The van der Waals surface area contributed by atoms with E-state index in [0.29, 0.717) is 19.6 Å². The topological polar surface area (TPSA) is 39.7 Å². The normalized spacial score (nSPS) is 10.3. The van der Waals surface area contributed by atoms with Crippen molar-refractivity contribution in [1.29, 1.82) is 0 Å². The van der Waals surface area contributed by atoms with Gasteiger partial charge in [-0.15, -0.1) is 6.58 Å². The van der Waals surface area contributed by atoms with E-state index in [-0.39, 0.29) is 0 Å². The van der Waals surface area contributed by atoms with Gasteiger partial charge in [-0.1, -0.05) is 36.4 Å². The lowest BCUT2D eigenvalue weighted by Crippen LogP contribution is -2.05. The van der Waals surface area contributed by atoms with Gasteiger partial charge in [0.05, 0.1) is 14.2 Å². The molecule has 0 fully saturated rings. The van der Waals surface area contributed by atoms with E-state index >= 15 is 0 Å². The van der Waals surface area contributed by atoms with Crippen molar-refractivity contribution in [3.05, 3.63) is 96.1 Å². The van der Waals surface area contributed by atoms with Crippen LogP contribution < -0.4 is 19.5 Å². The third-order valence-corrected chi connectivity index (χ3v) is 4.59. The Labute approximate surface area is 172 Å². The average Bonchev–Trinajstić information content (AvgIpc) is 2.77. The summed E-state index contributed by atoms with van der Waals surface area (Å²) in [6, 6.07) is 22.1. The molecule has 3 rings (SSSR count). The van der Waals surface area contributed by atoms with Crippen LogP contribution in [0.4, 0.5) is 5.69 Å². The fourth-order valence-corrected chi connectivity index (χ4v) is 3.09. The second-order valence-electron chi connectivity index (χ2n) is 6.64. The third kappa shape index (κ3) is 5.55. The second-order valence-corrected chi connectivity index (χ2v) is 6.64. The van der Waals surface area contributed by atoms with Crippen molar-refractivity contribution in [3.8, 4) is 17.2 Å². The minimum atomic E-state index is 0.491. The number of ether oxygens (including phenoxy) is 3. The van der Waals surface area contributed by atoms with Gasteiger partial charge in [-0.05, 0) is 53.9 Å². The van der Waals surface area contributed by atoms with Crippen LogP contribution in [0.5, 0.6) is 17.2 Å². The van der Waals surface area contributed by atoms with E-state index in [9.17, 15) is 0 Å². The summed E-state index contributed by atoms with van der Waals surface area (Å²) in [4.78, 5) is 0. The lowest BCUT2D eigenvalue weighted by atomic mass is 10.1. The standard InChI is InChI=1S/C25H27NO3/c1-4-8-21-15-20(17-26-22-11-13-23(27-2)14-12-22)16-24(28-3)25(21)29-18-19-9-6-5-7-10-19/h4-7,9-16,26H,1,8,17-18H2,2-3H3. The number of anilines is 1. The van der Waals surface area contributed by atoms with Crippen LogP contribution >= 0.6 is 0 Å². The highest BCUT2D eigenvalue weighted by atomic mass is 16.5. The number of methoxy groups -OCH3 is 2. The summed E-state index contributed by atoms with van der Waals surface area (Å²) in [5.41, 5.74) is 4.31. The fourth-order valence-electron chi connectivity index (χ4n) is 3.09. The monoisotopic (exact) mass is 389 g/mol. The number of hydrogen-bond donors (Lipinski definition) is 1. The average molecular weight is 389 g/mol. The number of hydrogen-bond acceptors (Lipinski definition) is 4. The Bertz CT molecular complexity index is 921. The van der Waals surface area contributed by atoms with Crippen LogP contribution in [0.25, 0.3) is 0 Å². The summed E-state index contributed by atoms with van der Waals surface area (Å²) in [7, 11) is 3.33. The lowest BCUT2D eigenvalue weighted by Gasteiger charge is -2.17. The molecule has 0 bridgehead atoms. The maximum atomic E-state index is 6.13. The molecule has 4 heteroatoms. The summed E-state index contributed by atoms with van der Waals surface area (Å²) in [5.74, 6) is 2.33. The van der Waals surface area contributed by atoms with E-state index in [0.717, 1.165) is 39.6 Å². The zero-order valence-corrected chi connectivity index (χ0v) is 17.0. The molecule has 4 nitrogen and oxygen atoms in total. The van der Waals surface area contributed by atoms with Gasteiger partial charge in [0.15, 0.2) is 11.5 Å². The van der Waals surface area contributed by atoms with E-state index in [4.69, 9.17) is 14.2 Å². The minimum Gasteiger partial charge on any atom is -0.497 e. The quantitative estimate of drug-likeness (QED) is 0.457. The molecule has 0 aliphatic rings. The van der Waals surface area contributed by atoms with Crippen molar-refractivity contribution < 1.29 is 14.2 Å². The molecule has 0 atom stereocenters. The SMILES string of the molecule is C=CCc1cc(CNc2ccc(OC)cc2)cc(OC)c1OCc1ccccc1.